The van der Waals surface area contributed by atoms with Crippen LogP contribution in [0.5, 0.6) is 0 Å². The normalized spacial score (nSPS) is 12.3. The fraction of sp³-hybridized carbons (Fsp3) is 0.611. The molecule has 5 heteroatoms. The maximum atomic E-state index is 11.6. The van der Waals surface area contributed by atoms with E-state index in [2.05, 4.69) is 6.92 Å². The number of aliphatic carboxylic acids is 1. The Hall–Kier alpha value is -0.440. The minimum atomic E-state index is -0.867. The van der Waals surface area contributed by atoms with Crippen molar-refractivity contribution in [1.82, 2.24) is 0 Å². The minimum absolute atomic E-state index is 0.341. The van der Waals surface area contributed by atoms with Gasteiger partial charge in [0.25, 0.3) is 0 Å². The third-order valence-electron chi connectivity index (χ3n) is 4.06. The van der Waals surface area contributed by atoms with Crippen LogP contribution in [0.2, 0.25) is 15.1 Å². The Morgan fingerprint density at radius 3 is 2.00 bits per heavy atom. The van der Waals surface area contributed by atoms with Gasteiger partial charge in [0.1, 0.15) is 0 Å². The molecule has 0 amide bonds. The van der Waals surface area contributed by atoms with Gasteiger partial charge in [0.05, 0.1) is 16.0 Å². The van der Waals surface area contributed by atoms with Crippen molar-refractivity contribution in [3.63, 3.8) is 0 Å². The smallest absolute Gasteiger partial charge is 0.311 e. The number of benzene rings is 1. The number of unbranched alkanes of at least 4 members (excludes halogenated alkanes) is 7. The van der Waals surface area contributed by atoms with E-state index in [0.717, 1.165) is 19.3 Å². The molecule has 0 aliphatic heterocycles. The van der Waals surface area contributed by atoms with Crippen LogP contribution >= 0.6 is 34.8 Å². The molecule has 0 fully saturated rings. The molecule has 0 radical (unpaired) electrons. The summed E-state index contributed by atoms with van der Waals surface area (Å²) in [5.74, 6) is -1.49. The van der Waals surface area contributed by atoms with E-state index in [4.69, 9.17) is 34.8 Å². The van der Waals surface area contributed by atoms with Gasteiger partial charge in [-0.05, 0) is 24.1 Å². The summed E-state index contributed by atoms with van der Waals surface area (Å²) in [5, 5.41) is 10.5. The SMILES string of the molecule is CCCCCCCCCCC(C(=O)O)c1cc(Cl)c(Cl)cc1Cl. The van der Waals surface area contributed by atoms with E-state index in [0.29, 0.717) is 27.1 Å². The van der Waals surface area contributed by atoms with Gasteiger partial charge in [0.15, 0.2) is 0 Å². The Morgan fingerprint density at radius 1 is 0.913 bits per heavy atom. The molecule has 0 bridgehead atoms. The average molecular weight is 380 g/mol. The number of hydrogen-bond acceptors (Lipinski definition) is 1. The zero-order valence-electron chi connectivity index (χ0n) is 13.6. The molecule has 0 spiro atoms. The Balaban J connectivity index is 2.48. The number of carboxylic acids is 1. The van der Waals surface area contributed by atoms with Crippen molar-refractivity contribution in [3.8, 4) is 0 Å². The summed E-state index contributed by atoms with van der Waals surface area (Å²) in [6, 6.07) is 3.10. The Bertz CT molecular complexity index is 503. The van der Waals surface area contributed by atoms with Crippen LogP contribution in [0.4, 0.5) is 0 Å². The Labute approximate surface area is 154 Å². The van der Waals surface area contributed by atoms with Gasteiger partial charge in [0.2, 0.25) is 0 Å². The summed E-state index contributed by atoms with van der Waals surface area (Å²) in [4.78, 5) is 11.6. The standard InChI is InChI=1S/C18H25Cl3O2/c1-2-3-4-5-6-7-8-9-10-13(18(22)23)14-11-16(20)17(21)12-15(14)19/h11-13H,2-10H2,1H3,(H,22,23). The van der Waals surface area contributed by atoms with Crippen molar-refractivity contribution in [2.24, 2.45) is 0 Å². The van der Waals surface area contributed by atoms with Crippen LogP contribution in [-0.2, 0) is 4.79 Å². The largest absolute Gasteiger partial charge is 0.481 e. The minimum Gasteiger partial charge on any atom is -0.481 e. The van der Waals surface area contributed by atoms with Gasteiger partial charge in [-0.3, -0.25) is 4.79 Å². The summed E-state index contributed by atoms with van der Waals surface area (Å²) in [6.07, 6.45) is 10.0. The lowest BCUT2D eigenvalue weighted by molar-refractivity contribution is -0.139. The first-order valence-electron chi connectivity index (χ1n) is 8.34. The molecule has 23 heavy (non-hydrogen) atoms. The quantitative estimate of drug-likeness (QED) is 0.322. The van der Waals surface area contributed by atoms with Gasteiger partial charge >= 0.3 is 5.97 Å². The number of carboxylic acid groups (broad SMARTS) is 1. The van der Waals surface area contributed by atoms with Crippen LogP contribution in [0, 0.1) is 0 Å². The summed E-state index contributed by atoms with van der Waals surface area (Å²) < 4.78 is 0. The molecule has 0 aliphatic carbocycles. The Morgan fingerprint density at radius 2 is 1.43 bits per heavy atom. The number of halogens is 3. The van der Waals surface area contributed by atoms with E-state index in [1.165, 1.54) is 38.2 Å². The molecular weight excluding hydrogens is 355 g/mol. The van der Waals surface area contributed by atoms with Crippen LogP contribution in [0.15, 0.2) is 12.1 Å². The molecule has 0 saturated heterocycles. The molecule has 1 aromatic carbocycles. The van der Waals surface area contributed by atoms with Gasteiger partial charge in [-0.2, -0.15) is 0 Å². The lowest BCUT2D eigenvalue weighted by atomic mass is 9.93. The number of hydrogen-bond donors (Lipinski definition) is 1. The van der Waals surface area contributed by atoms with Gasteiger partial charge in [-0.25, -0.2) is 0 Å². The third-order valence-corrected chi connectivity index (χ3v) is 5.11. The van der Waals surface area contributed by atoms with Crippen molar-refractivity contribution >= 4 is 40.8 Å². The topological polar surface area (TPSA) is 37.3 Å². The predicted molar refractivity (Wildman–Crippen MR) is 99.1 cm³/mol. The second-order valence-electron chi connectivity index (χ2n) is 5.94. The van der Waals surface area contributed by atoms with E-state index in [1.807, 2.05) is 0 Å². The van der Waals surface area contributed by atoms with Gasteiger partial charge in [-0.15, -0.1) is 0 Å². The highest BCUT2D eigenvalue weighted by molar-refractivity contribution is 6.43. The number of rotatable bonds is 11. The lowest BCUT2D eigenvalue weighted by Crippen LogP contribution is -2.12. The molecule has 130 valence electrons. The van der Waals surface area contributed by atoms with Gasteiger partial charge in [0, 0.05) is 5.02 Å². The summed E-state index contributed by atoms with van der Waals surface area (Å²) in [5.41, 5.74) is 0.552. The molecule has 1 rings (SSSR count). The molecule has 0 aliphatic rings. The zero-order valence-corrected chi connectivity index (χ0v) is 15.9. The maximum Gasteiger partial charge on any atom is 0.311 e. The zero-order chi connectivity index (χ0) is 17.2. The van der Waals surface area contributed by atoms with Crippen molar-refractivity contribution in [2.75, 3.05) is 0 Å². The van der Waals surface area contributed by atoms with Gasteiger partial charge < -0.3 is 5.11 Å². The van der Waals surface area contributed by atoms with Gasteiger partial charge in [-0.1, -0.05) is 93.1 Å². The van der Waals surface area contributed by atoms with Crippen molar-refractivity contribution < 1.29 is 9.90 Å². The molecule has 1 N–H and O–H groups in total. The summed E-state index contributed by atoms with van der Waals surface area (Å²) in [7, 11) is 0. The molecule has 1 unspecified atom stereocenters. The highest BCUT2D eigenvalue weighted by Crippen LogP contribution is 2.35. The van der Waals surface area contributed by atoms with Crippen LogP contribution in [0.25, 0.3) is 0 Å². The van der Waals surface area contributed by atoms with E-state index in [9.17, 15) is 9.90 Å². The third kappa shape index (κ3) is 7.32. The molecule has 1 atom stereocenters. The molecule has 0 saturated carbocycles. The van der Waals surface area contributed by atoms with Crippen LogP contribution in [-0.4, -0.2) is 11.1 Å². The fourth-order valence-electron chi connectivity index (χ4n) is 2.70. The van der Waals surface area contributed by atoms with E-state index < -0.39 is 11.9 Å². The first-order valence-corrected chi connectivity index (χ1v) is 9.48. The van der Waals surface area contributed by atoms with E-state index in [-0.39, 0.29) is 0 Å². The van der Waals surface area contributed by atoms with Crippen molar-refractivity contribution in [3.05, 3.63) is 32.8 Å². The van der Waals surface area contributed by atoms with E-state index in [1.54, 1.807) is 6.07 Å². The maximum absolute atomic E-state index is 11.6. The second kappa shape index (κ2) is 11.2. The average Bonchev–Trinajstić information content (AvgIpc) is 2.50. The molecule has 2 nitrogen and oxygen atoms in total. The van der Waals surface area contributed by atoms with E-state index >= 15 is 0 Å². The molecular formula is C18H25Cl3O2. The molecule has 1 aromatic rings. The summed E-state index contributed by atoms with van der Waals surface area (Å²) >= 11 is 18.0. The lowest BCUT2D eigenvalue weighted by Gasteiger charge is -2.15. The Kier molecular flexibility index (Phi) is 10.0. The first-order chi connectivity index (χ1) is 11.0. The highest BCUT2D eigenvalue weighted by Gasteiger charge is 2.23. The van der Waals surface area contributed by atoms with Crippen molar-refractivity contribution in [2.45, 2.75) is 70.6 Å². The second-order valence-corrected chi connectivity index (χ2v) is 7.16. The van der Waals surface area contributed by atoms with Crippen LogP contribution < -0.4 is 0 Å². The van der Waals surface area contributed by atoms with Crippen molar-refractivity contribution in [1.29, 1.82) is 0 Å². The van der Waals surface area contributed by atoms with Crippen LogP contribution in [0.3, 0.4) is 0 Å². The number of carbonyl (C=O) groups is 1. The molecule has 0 heterocycles. The monoisotopic (exact) mass is 378 g/mol. The molecule has 0 aromatic heterocycles. The first kappa shape index (κ1) is 20.6. The summed E-state index contributed by atoms with van der Waals surface area (Å²) in [6.45, 7) is 2.21. The fourth-order valence-corrected chi connectivity index (χ4v) is 3.39. The van der Waals surface area contributed by atoms with Crippen LogP contribution in [0.1, 0.15) is 76.2 Å². The highest BCUT2D eigenvalue weighted by atomic mass is 35.5. The predicted octanol–water partition coefficient (Wildman–Crippen LogP) is 7.35.